The first-order valence-corrected chi connectivity index (χ1v) is 4.93. The summed E-state index contributed by atoms with van der Waals surface area (Å²) in [6.07, 6.45) is 1.77. The maximum atomic E-state index is 5.93. The molecule has 0 aliphatic heterocycles. The van der Waals surface area contributed by atoms with Crippen LogP contribution < -0.4 is 0 Å². The molecular weight excluding hydrogens is 251 g/mol. The summed E-state index contributed by atoms with van der Waals surface area (Å²) in [5.74, 6) is 0.765. The van der Waals surface area contributed by atoms with Gasteiger partial charge in [-0.2, -0.15) is 0 Å². The number of hydrogen-bond donors (Lipinski definition) is 0. The highest BCUT2D eigenvalue weighted by atomic mass is 79.9. The van der Waals surface area contributed by atoms with Crippen molar-refractivity contribution in [2.75, 3.05) is 0 Å². The first-order chi connectivity index (χ1) is 6.18. The second-order valence-electron chi connectivity index (χ2n) is 2.71. The van der Waals surface area contributed by atoms with Crippen LogP contribution in [0.15, 0.2) is 22.8 Å². The van der Waals surface area contributed by atoms with Crippen molar-refractivity contribution >= 4 is 38.4 Å². The Morgan fingerprint density at radius 3 is 2.92 bits per heavy atom. The molecule has 0 aliphatic rings. The van der Waals surface area contributed by atoms with E-state index < -0.39 is 0 Å². The molecule has 0 saturated carbocycles. The van der Waals surface area contributed by atoms with Crippen molar-refractivity contribution in [2.24, 2.45) is 0 Å². The van der Waals surface area contributed by atoms with E-state index in [-0.39, 0.29) is 0 Å². The monoisotopic (exact) mass is 256 g/mol. The molecule has 2 nitrogen and oxygen atoms in total. The van der Waals surface area contributed by atoms with E-state index in [0.717, 1.165) is 21.2 Å². The molecule has 1 aromatic carbocycles. The number of hydrogen-bond acceptors (Lipinski definition) is 2. The van der Waals surface area contributed by atoms with Gasteiger partial charge in [0.05, 0.1) is 10.5 Å². The number of fused-ring (bicyclic) bond motifs is 1. The van der Waals surface area contributed by atoms with Gasteiger partial charge in [-0.1, -0.05) is 11.6 Å². The molecule has 2 rings (SSSR count). The van der Waals surface area contributed by atoms with Gasteiger partial charge in [-0.3, -0.25) is 0 Å². The number of rotatable bonds is 0. The normalized spacial score (nSPS) is 10.7. The second-order valence-corrected chi connectivity index (χ2v) is 3.91. The zero-order chi connectivity index (χ0) is 9.42. The zero-order valence-corrected chi connectivity index (χ0v) is 9.22. The van der Waals surface area contributed by atoms with E-state index in [2.05, 4.69) is 25.9 Å². The molecule has 0 saturated heterocycles. The molecule has 1 aromatic heterocycles. The molecule has 0 N–H and O–H groups in total. The van der Waals surface area contributed by atoms with Crippen molar-refractivity contribution in [3.63, 3.8) is 0 Å². The van der Waals surface area contributed by atoms with E-state index in [1.54, 1.807) is 6.20 Å². The van der Waals surface area contributed by atoms with Crippen LogP contribution in [0.3, 0.4) is 0 Å². The average molecular weight is 258 g/mol. The summed E-state index contributed by atoms with van der Waals surface area (Å²) in [6.45, 7) is 1.86. The van der Waals surface area contributed by atoms with Crippen LogP contribution in [0.4, 0.5) is 0 Å². The zero-order valence-electron chi connectivity index (χ0n) is 6.88. The molecule has 0 atom stereocenters. The minimum atomic E-state index is 0.681. The first kappa shape index (κ1) is 8.91. The third-order valence-electron chi connectivity index (χ3n) is 1.77. The van der Waals surface area contributed by atoms with Crippen molar-refractivity contribution in [1.82, 2.24) is 9.97 Å². The van der Waals surface area contributed by atoms with Gasteiger partial charge in [0.1, 0.15) is 5.82 Å². The fourth-order valence-corrected chi connectivity index (χ4v) is 1.74. The Kier molecular flexibility index (Phi) is 2.22. The maximum Gasteiger partial charge on any atom is 0.125 e. The lowest BCUT2D eigenvalue weighted by molar-refractivity contribution is 1.09. The maximum absolute atomic E-state index is 5.93. The van der Waals surface area contributed by atoms with E-state index in [0.29, 0.717) is 5.02 Å². The van der Waals surface area contributed by atoms with Crippen LogP contribution in [-0.2, 0) is 0 Å². The lowest BCUT2D eigenvalue weighted by atomic mass is 10.2. The van der Waals surface area contributed by atoms with Gasteiger partial charge in [-0.25, -0.2) is 9.97 Å². The Morgan fingerprint density at radius 1 is 1.38 bits per heavy atom. The predicted molar refractivity (Wildman–Crippen MR) is 57.0 cm³/mol. The van der Waals surface area contributed by atoms with E-state index in [1.165, 1.54) is 0 Å². The fraction of sp³-hybridized carbons (Fsp3) is 0.111. The Balaban J connectivity index is 2.87. The van der Waals surface area contributed by atoms with Crippen molar-refractivity contribution in [3.05, 3.63) is 33.6 Å². The largest absolute Gasteiger partial charge is 0.241 e. The van der Waals surface area contributed by atoms with E-state index in [9.17, 15) is 0 Å². The van der Waals surface area contributed by atoms with E-state index >= 15 is 0 Å². The molecule has 0 spiro atoms. The molecule has 66 valence electrons. The summed E-state index contributed by atoms with van der Waals surface area (Å²) in [7, 11) is 0. The Bertz CT molecular complexity index is 470. The Hall–Kier alpha value is -0.670. The molecule has 0 radical (unpaired) electrons. The minimum absolute atomic E-state index is 0.681. The topological polar surface area (TPSA) is 25.8 Å². The smallest absolute Gasteiger partial charge is 0.125 e. The fourth-order valence-electron chi connectivity index (χ4n) is 1.14. The minimum Gasteiger partial charge on any atom is -0.241 e. The SMILES string of the molecule is Cc1ncc2c(Br)c(Cl)ccc2n1. The molecule has 13 heavy (non-hydrogen) atoms. The van der Waals surface area contributed by atoms with Crippen molar-refractivity contribution in [1.29, 1.82) is 0 Å². The number of halogens is 2. The number of aromatic nitrogens is 2. The summed E-state index contributed by atoms with van der Waals surface area (Å²) in [6, 6.07) is 3.71. The van der Waals surface area contributed by atoms with E-state index in [4.69, 9.17) is 11.6 Å². The highest BCUT2D eigenvalue weighted by Crippen LogP contribution is 2.29. The van der Waals surface area contributed by atoms with Gasteiger partial charge in [0.25, 0.3) is 0 Å². The molecular formula is C9H6BrClN2. The number of aryl methyl sites for hydroxylation is 1. The Morgan fingerprint density at radius 2 is 2.15 bits per heavy atom. The van der Waals surface area contributed by atoms with Crippen molar-refractivity contribution < 1.29 is 0 Å². The van der Waals surface area contributed by atoms with Crippen LogP contribution in [-0.4, -0.2) is 9.97 Å². The third kappa shape index (κ3) is 1.54. The van der Waals surface area contributed by atoms with Crippen LogP contribution in [0.1, 0.15) is 5.82 Å². The summed E-state index contributed by atoms with van der Waals surface area (Å²) in [4.78, 5) is 8.39. The highest BCUT2D eigenvalue weighted by molar-refractivity contribution is 9.10. The van der Waals surface area contributed by atoms with Crippen molar-refractivity contribution in [3.8, 4) is 0 Å². The molecule has 0 fully saturated rings. The molecule has 0 amide bonds. The number of nitrogens with zero attached hydrogens (tertiary/aromatic N) is 2. The standard InChI is InChI=1S/C9H6BrClN2/c1-5-12-4-6-8(13-5)3-2-7(11)9(6)10/h2-4H,1H3. The molecule has 0 unspecified atom stereocenters. The second kappa shape index (κ2) is 3.24. The van der Waals surface area contributed by atoms with Crippen LogP contribution in [0.5, 0.6) is 0 Å². The molecule has 4 heteroatoms. The van der Waals surface area contributed by atoms with Crippen LogP contribution in [0.2, 0.25) is 5.02 Å². The van der Waals surface area contributed by atoms with Gasteiger partial charge in [0.2, 0.25) is 0 Å². The van der Waals surface area contributed by atoms with Gasteiger partial charge in [0, 0.05) is 16.1 Å². The summed E-state index contributed by atoms with van der Waals surface area (Å²) in [5, 5.41) is 1.62. The first-order valence-electron chi connectivity index (χ1n) is 3.76. The van der Waals surface area contributed by atoms with Gasteiger partial charge >= 0.3 is 0 Å². The van der Waals surface area contributed by atoms with Crippen molar-refractivity contribution in [2.45, 2.75) is 6.92 Å². The van der Waals surface area contributed by atoms with Crippen LogP contribution in [0.25, 0.3) is 10.9 Å². The van der Waals surface area contributed by atoms with Gasteiger partial charge in [-0.05, 0) is 35.0 Å². The van der Waals surface area contributed by atoms with Crippen LogP contribution >= 0.6 is 27.5 Å². The molecule has 0 bridgehead atoms. The van der Waals surface area contributed by atoms with E-state index in [1.807, 2.05) is 19.1 Å². The predicted octanol–water partition coefficient (Wildman–Crippen LogP) is 3.35. The average Bonchev–Trinajstić information content (AvgIpc) is 2.12. The summed E-state index contributed by atoms with van der Waals surface area (Å²) < 4.78 is 0.853. The van der Waals surface area contributed by atoms with Gasteiger partial charge in [0.15, 0.2) is 0 Å². The van der Waals surface area contributed by atoms with Gasteiger partial charge < -0.3 is 0 Å². The number of benzene rings is 1. The lowest BCUT2D eigenvalue weighted by Gasteiger charge is -2.01. The molecule has 1 heterocycles. The third-order valence-corrected chi connectivity index (χ3v) is 3.17. The summed E-state index contributed by atoms with van der Waals surface area (Å²) in [5.41, 5.74) is 0.906. The quantitative estimate of drug-likeness (QED) is 0.723. The van der Waals surface area contributed by atoms with Gasteiger partial charge in [-0.15, -0.1) is 0 Å². The Labute approximate surface area is 89.1 Å². The summed E-state index contributed by atoms with van der Waals surface area (Å²) >= 11 is 9.32. The molecule has 2 aromatic rings. The van der Waals surface area contributed by atoms with Crippen LogP contribution in [0, 0.1) is 6.92 Å². The lowest BCUT2D eigenvalue weighted by Crippen LogP contribution is -1.88. The molecule has 0 aliphatic carbocycles. The highest BCUT2D eigenvalue weighted by Gasteiger charge is 2.04.